The number of thiazole rings is 1. The zero-order valence-electron chi connectivity index (χ0n) is 10.7. The van der Waals surface area contributed by atoms with Crippen molar-refractivity contribution >= 4 is 11.3 Å². The lowest BCUT2D eigenvalue weighted by Crippen LogP contribution is -2.14. The van der Waals surface area contributed by atoms with Crippen LogP contribution in [0.4, 0.5) is 0 Å². The molecule has 0 bridgehead atoms. The van der Waals surface area contributed by atoms with Crippen LogP contribution >= 0.6 is 11.3 Å². The molecule has 0 saturated heterocycles. The van der Waals surface area contributed by atoms with Gasteiger partial charge in [0.05, 0.1) is 11.9 Å². The number of benzene rings is 1. The van der Waals surface area contributed by atoms with Gasteiger partial charge in [-0.15, -0.1) is 0 Å². The van der Waals surface area contributed by atoms with Crippen molar-refractivity contribution in [3.05, 3.63) is 62.8 Å². The molecule has 0 unspecified atom stereocenters. The Balaban J connectivity index is 1.67. The predicted octanol–water partition coefficient (Wildman–Crippen LogP) is 2.12. The summed E-state index contributed by atoms with van der Waals surface area (Å²) in [7, 11) is 0. The molecular weight excluding hydrogens is 272 g/mol. The van der Waals surface area contributed by atoms with Gasteiger partial charge in [0.25, 0.3) is 0 Å². The molecular formula is C14H14N4OS. The summed E-state index contributed by atoms with van der Waals surface area (Å²) < 4.78 is 0. The van der Waals surface area contributed by atoms with Crippen molar-refractivity contribution in [3.63, 3.8) is 0 Å². The SMILES string of the molecule is O=c1[nH]c(CNCc2cn[nH]c2-c2ccccc2)cs1. The molecule has 0 aliphatic carbocycles. The molecule has 0 aliphatic heterocycles. The van der Waals surface area contributed by atoms with Crippen molar-refractivity contribution in [3.8, 4) is 11.3 Å². The van der Waals surface area contributed by atoms with Crippen LogP contribution in [-0.2, 0) is 13.1 Å². The van der Waals surface area contributed by atoms with E-state index >= 15 is 0 Å². The minimum atomic E-state index is -0.0184. The van der Waals surface area contributed by atoms with E-state index < -0.39 is 0 Å². The molecule has 20 heavy (non-hydrogen) atoms. The molecule has 102 valence electrons. The molecule has 0 amide bonds. The van der Waals surface area contributed by atoms with E-state index in [1.165, 1.54) is 11.3 Å². The van der Waals surface area contributed by atoms with Gasteiger partial charge >= 0.3 is 4.87 Å². The van der Waals surface area contributed by atoms with Crippen LogP contribution in [0.2, 0.25) is 0 Å². The lowest BCUT2D eigenvalue weighted by Gasteiger charge is -2.04. The Morgan fingerprint density at radius 3 is 2.80 bits per heavy atom. The molecule has 1 aromatic carbocycles. The highest BCUT2D eigenvalue weighted by atomic mass is 32.1. The van der Waals surface area contributed by atoms with Crippen LogP contribution in [0.5, 0.6) is 0 Å². The van der Waals surface area contributed by atoms with Crippen molar-refractivity contribution in [2.75, 3.05) is 0 Å². The van der Waals surface area contributed by atoms with Crippen LogP contribution in [0, 0.1) is 0 Å². The number of nitrogens with zero attached hydrogens (tertiary/aromatic N) is 1. The summed E-state index contributed by atoms with van der Waals surface area (Å²) in [4.78, 5) is 13.8. The lowest BCUT2D eigenvalue weighted by molar-refractivity contribution is 0.683. The van der Waals surface area contributed by atoms with Gasteiger partial charge in [0.1, 0.15) is 0 Å². The number of rotatable bonds is 5. The topological polar surface area (TPSA) is 73.6 Å². The summed E-state index contributed by atoms with van der Waals surface area (Å²) in [6.45, 7) is 1.33. The second-order valence-corrected chi connectivity index (χ2v) is 5.26. The van der Waals surface area contributed by atoms with Crippen LogP contribution in [0.3, 0.4) is 0 Å². The summed E-state index contributed by atoms with van der Waals surface area (Å²) >= 11 is 1.18. The van der Waals surface area contributed by atoms with Gasteiger partial charge in [-0.25, -0.2) is 0 Å². The van der Waals surface area contributed by atoms with Gasteiger partial charge in [0.2, 0.25) is 0 Å². The van der Waals surface area contributed by atoms with Crippen LogP contribution in [0.15, 0.2) is 46.7 Å². The first-order valence-electron chi connectivity index (χ1n) is 6.28. The Hall–Kier alpha value is -2.18. The molecule has 6 heteroatoms. The van der Waals surface area contributed by atoms with Gasteiger partial charge in [-0.05, 0) is 5.56 Å². The Kier molecular flexibility index (Phi) is 3.76. The van der Waals surface area contributed by atoms with E-state index in [2.05, 4.69) is 20.5 Å². The number of hydrogen-bond donors (Lipinski definition) is 3. The fourth-order valence-corrected chi connectivity index (χ4v) is 2.61. The van der Waals surface area contributed by atoms with Crippen molar-refractivity contribution in [2.24, 2.45) is 0 Å². The summed E-state index contributed by atoms with van der Waals surface area (Å²) in [6, 6.07) is 10.1. The fraction of sp³-hybridized carbons (Fsp3) is 0.143. The molecule has 0 spiro atoms. The largest absolute Gasteiger partial charge is 0.315 e. The van der Waals surface area contributed by atoms with Crippen molar-refractivity contribution in [1.82, 2.24) is 20.5 Å². The second-order valence-electron chi connectivity index (χ2n) is 4.41. The maximum Gasteiger partial charge on any atom is 0.304 e. The first-order valence-corrected chi connectivity index (χ1v) is 7.16. The molecule has 2 aromatic heterocycles. The third kappa shape index (κ3) is 2.87. The van der Waals surface area contributed by atoms with Crippen LogP contribution in [0.1, 0.15) is 11.3 Å². The number of H-pyrrole nitrogens is 2. The van der Waals surface area contributed by atoms with Crippen LogP contribution < -0.4 is 10.2 Å². The van der Waals surface area contributed by atoms with E-state index in [1.807, 2.05) is 41.9 Å². The molecule has 2 heterocycles. The van der Waals surface area contributed by atoms with Gasteiger partial charge in [-0.2, -0.15) is 5.10 Å². The zero-order valence-corrected chi connectivity index (χ0v) is 11.5. The van der Waals surface area contributed by atoms with Gasteiger partial charge in [-0.3, -0.25) is 9.89 Å². The number of aromatic nitrogens is 3. The summed E-state index contributed by atoms with van der Waals surface area (Å²) in [5, 5.41) is 12.3. The maximum atomic E-state index is 11.0. The normalized spacial score (nSPS) is 10.8. The molecule has 3 N–H and O–H groups in total. The van der Waals surface area contributed by atoms with E-state index in [0.29, 0.717) is 13.1 Å². The average Bonchev–Trinajstić information content (AvgIpc) is 3.09. The smallest absolute Gasteiger partial charge is 0.304 e. The second kappa shape index (κ2) is 5.85. The minimum absolute atomic E-state index is 0.0184. The molecule has 0 fully saturated rings. The predicted molar refractivity (Wildman–Crippen MR) is 79.5 cm³/mol. The Labute approximate surface area is 119 Å². The molecule has 3 aromatic rings. The molecule has 0 radical (unpaired) electrons. The highest BCUT2D eigenvalue weighted by Crippen LogP contribution is 2.20. The fourth-order valence-electron chi connectivity index (χ4n) is 2.03. The molecule has 0 aliphatic rings. The number of aromatic amines is 2. The molecule has 3 rings (SSSR count). The average molecular weight is 286 g/mol. The van der Waals surface area contributed by atoms with Gasteiger partial charge in [0.15, 0.2) is 0 Å². The maximum absolute atomic E-state index is 11.0. The highest BCUT2D eigenvalue weighted by Gasteiger charge is 2.07. The highest BCUT2D eigenvalue weighted by molar-refractivity contribution is 7.07. The molecule has 5 nitrogen and oxygen atoms in total. The summed E-state index contributed by atoms with van der Waals surface area (Å²) in [5.41, 5.74) is 4.15. The number of nitrogens with one attached hydrogen (secondary N) is 3. The first-order chi connectivity index (χ1) is 9.83. The molecule has 0 saturated carbocycles. The Bertz CT molecular complexity index is 729. The standard InChI is InChI=1S/C14H14N4OS/c19-14-17-12(9-20-14)8-15-6-11-7-16-18-13(11)10-4-2-1-3-5-10/h1-5,7,9,15H,6,8H2,(H,16,18)(H,17,19). The third-order valence-corrected chi connectivity index (χ3v) is 3.70. The third-order valence-electron chi connectivity index (χ3n) is 2.98. The van der Waals surface area contributed by atoms with Gasteiger partial charge in [0, 0.05) is 29.7 Å². The van der Waals surface area contributed by atoms with E-state index in [9.17, 15) is 4.79 Å². The zero-order chi connectivity index (χ0) is 13.8. The minimum Gasteiger partial charge on any atom is -0.315 e. The summed E-state index contributed by atoms with van der Waals surface area (Å²) in [5.74, 6) is 0. The molecule has 0 atom stereocenters. The Morgan fingerprint density at radius 2 is 2.05 bits per heavy atom. The first kappa shape index (κ1) is 12.8. The van der Waals surface area contributed by atoms with Crippen LogP contribution in [0.25, 0.3) is 11.3 Å². The number of hydrogen-bond acceptors (Lipinski definition) is 4. The van der Waals surface area contributed by atoms with Crippen LogP contribution in [-0.4, -0.2) is 15.2 Å². The van der Waals surface area contributed by atoms with Crippen molar-refractivity contribution in [2.45, 2.75) is 13.1 Å². The van der Waals surface area contributed by atoms with E-state index in [1.54, 1.807) is 0 Å². The van der Waals surface area contributed by atoms with Gasteiger partial charge < -0.3 is 10.3 Å². The van der Waals surface area contributed by atoms with E-state index in [0.717, 1.165) is 22.5 Å². The van der Waals surface area contributed by atoms with Gasteiger partial charge in [-0.1, -0.05) is 41.7 Å². The lowest BCUT2D eigenvalue weighted by atomic mass is 10.1. The Morgan fingerprint density at radius 1 is 1.20 bits per heavy atom. The van der Waals surface area contributed by atoms with Crippen molar-refractivity contribution < 1.29 is 0 Å². The monoisotopic (exact) mass is 286 g/mol. The van der Waals surface area contributed by atoms with E-state index in [-0.39, 0.29) is 4.87 Å². The van der Waals surface area contributed by atoms with E-state index in [4.69, 9.17) is 0 Å². The quantitative estimate of drug-likeness (QED) is 0.672. The van der Waals surface area contributed by atoms with Crippen molar-refractivity contribution in [1.29, 1.82) is 0 Å². The summed E-state index contributed by atoms with van der Waals surface area (Å²) in [6.07, 6.45) is 1.83.